The maximum Gasteiger partial charge on any atom is 0.180 e. The topological polar surface area (TPSA) is 55.4 Å². The van der Waals surface area contributed by atoms with Crippen LogP contribution in [0.25, 0.3) is 16.9 Å². The van der Waals surface area contributed by atoms with Crippen LogP contribution >= 0.6 is 0 Å². The van der Waals surface area contributed by atoms with E-state index in [0.29, 0.717) is 0 Å². The molecule has 24 heavy (non-hydrogen) atoms. The van der Waals surface area contributed by atoms with Gasteiger partial charge in [0.2, 0.25) is 0 Å². The van der Waals surface area contributed by atoms with E-state index in [1.165, 1.54) is 5.56 Å². The summed E-state index contributed by atoms with van der Waals surface area (Å²) in [6, 6.07) is 12.4. The first-order valence-electron chi connectivity index (χ1n) is 8.04. The van der Waals surface area contributed by atoms with Crippen molar-refractivity contribution in [3.05, 3.63) is 73.1 Å². The number of nitrogens with one attached hydrogen (secondary N) is 1. The van der Waals surface area contributed by atoms with Crippen LogP contribution in [0.15, 0.2) is 71.9 Å². The molecule has 4 aromatic rings. The minimum Gasteiger partial charge on any atom is -0.472 e. The molecule has 0 atom stereocenters. The highest BCUT2D eigenvalue weighted by molar-refractivity contribution is 5.69. The SMILES string of the molecule is c1ccc(CCCNc2ncc(-c3ccoc3)n3ccnc23)cc1. The van der Waals surface area contributed by atoms with Crippen molar-refractivity contribution in [2.45, 2.75) is 12.8 Å². The maximum absolute atomic E-state index is 5.17. The third-order valence-corrected chi connectivity index (χ3v) is 4.02. The van der Waals surface area contributed by atoms with Gasteiger partial charge >= 0.3 is 0 Å². The Morgan fingerprint density at radius 2 is 2.00 bits per heavy atom. The van der Waals surface area contributed by atoms with Crippen molar-refractivity contribution >= 4 is 11.5 Å². The van der Waals surface area contributed by atoms with Gasteiger partial charge in [-0.1, -0.05) is 30.3 Å². The summed E-state index contributed by atoms with van der Waals surface area (Å²) in [5, 5.41) is 3.40. The van der Waals surface area contributed by atoms with Crippen LogP contribution in [0.1, 0.15) is 12.0 Å². The molecule has 0 fully saturated rings. The number of benzene rings is 1. The summed E-state index contributed by atoms with van der Waals surface area (Å²) in [4.78, 5) is 8.98. The molecule has 3 heterocycles. The Morgan fingerprint density at radius 3 is 2.83 bits per heavy atom. The molecule has 0 spiro atoms. The Balaban J connectivity index is 1.47. The Bertz CT molecular complexity index is 913. The monoisotopic (exact) mass is 318 g/mol. The molecule has 0 bridgehead atoms. The van der Waals surface area contributed by atoms with Gasteiger partial charge in [-0.25, -0.2) is 9.97 Å². The number of fused-ring (bicyclic) bond motifs is 1. The van der Waals surface area contributed by atoms with Crippen molar-refractivity contribution in [1.82, 2.24) is 14.4 Å². The molecule has 0 unspecified atom stereocenters. The van der Waals surface area contributed by atoms with Crippen LogP contribution in [0.5, 0.6) is 0 Å². The van der Waals surface area contributed by atoms with E-state index < -0.39 is 0 Å². The number of imidazole rings is 1. The lowest BCUT2D eigenvalue weighted by Gasteiger charge is -2.09. The van der Waals surface area contributed by atoms with Gasteiger partial charge < -0.3 is 9.73 Å². The Morgan fingerprint density at radius 1 is 1.08 bits per heavy atom. The molecule has 0 saturated carbocycles. The standard InChI is InChI=1S/C19H18N4O/c1-2-5-15(6-3-1)7-4-9-20-18-19-21-10-11-23(19)17(13-22-18)16-8-12-24-14-16/h1-3,5-6,8,10-14H,4,7,9H2,(H,20,22). The fourth-order valence-electron chi connectivity index (χ4n) is 2.81. The van der Waals surface area contributed by atoms with Gasteiger partial charge in [-0.05, 0) is 24.5 Å². The van der Waals surface area contributed by atoms with Crippen LogP contribution in [-0.4, -0.2) is 20.9 Å². The van der Waals surface area contributed by atoms with Crippen LogP contribution in [0, 0.1) is 0 Å². The van der Waals surface area contributed by atoms with Gasteiger partial charge in [0.05, 0.1) is 24.4 Å². The zero-order chi connectivity index (χ0) is 16.2. The lowest BCUT2D eigenvalue weighted by molar-refractivity contribution is 0.568. The summed E-state index contributed by atoms with van der Waals surface area (Å²) in [6.07, 6.45) is 11.0. The first-order valence-corrected chi connectivity index (χ1v) is 8.04. The lowest BCUT2D eigenvalue weighted by atomic mass is 10.1. The van der Waals surface area contributed by atoms with Crippen LogP contribution in [0.2, 0.25) is 0 Å². The van der Waals surface area contributed by atoms with Crippen LogP contribution in [0.4, 0.5) is 5.82 Å². The second kappa shape index (κ2) is 6.58. The van der Waals surface area contributed by atoms with E-state index in [2.05, 4.69) is 39.6 Å². The molecular weight excluding hydrogens is 300 g/mol. The van der Waals surface area contributed by atoms with E-state index in [0.717, 1.165) is 42.1 Å². The summed E-state index contributed by atoms with van der Waals surface area (Å²) >= 11 is 0. The Hall–Kier alpha value is -3.08. The van der Waals surface area contributed by atoms with E-state index in [1.54, 1.807) is 18.7 Å². The Labute approximate surface area is 140 Å². The van der Waals surface area contributed by atoms with Gasteiger partial charge in [0.1, 0.15) is 0 Å². The highest BCUT2D eigenvalue weighted by Gasteiger charge is 2.10. The molecule has 3 aromatic heterocycles. The number of furan rings is 1. The fourth-order valence-corrected chi connectivity index (χ4v) is 2.81. The number of rotatable bonds is 6. The first kappa shape index (κ1) is 14.5. The number of nitrogens with zero attached hydrogens (tertiary/aromatic N) is 3. The molecular formula is C19H18N4O. The fraction of sp³-hybridized carbons (Fsp3) is 0.158. The zero-order valence-corrected chi connectivity index (χ0v) is 13.2. The van der Waals surface area contributed by atoms with Crippen molar-refractivity contribution in [2.75, 3.05) is 11.9 Å². The molecule has 5 heteroatoms. The second-order valence-corrected chi connectivity index (χ2v) is 5.64. The van der Waals surface area contributed by atoms with E-state index in [9.17, 15) is 0 Å². The summed E-state index contributed by atoms with van der Waals surface area (Å²) in [7, 11) is 0. The predicted molar refractivity (Wildman–Crippen MR) is 93.9 cm³/mol. The van der Waals surface area contributed by atoms with Crippen molar-refractivity contribution in [3.63, 3.8) is 0 Å². The number of hydrogen-bond donors (Lipinski definition) is 1. The third kappa shape index (κ3) is 2.88. The molecule has 4 rings (SSSR count). The molecule has 1 N–H and O–H groups in total. The molecule has 0 aliphatic carbocycles. The third-order valence-electron chi connectivity index (χ3n) is 4.02. The number of aromatic nitrogens is 3. The molecule has 0 aliphatic heterocycles. The van der Waals surface area contributed by atoms with Crippen LogP contribution in [0.3, 0.4) is 0 Å². The van der Waals surface area contributed by atoms with Gasteiger partial charge in [-0.2, -0.15) is 0 Å². The van der Waals surface area contributed by atoms with Crippen molar-refractivity contribution in [2.24, 2.45) is 0 Å². The quantitative estimate of drug-likeness (QED) is 0.545. The summed E-state index contributed by atoms with van der Waals surface area (Å²) < 4.78 is 7.19. The highest BCUT2D eigenvalue weighted by atomic mass is 16.3. The van der Waals surface area contributed by atoms with E-state index >= 15 is 0 Å². The number of aryl methyl sites for hydroxylation is 1. The first-order chi connectivity index (χ1) is 11.9. The Kier molecular flexibility index (Phi) is 3.98. The molecule has 0 saturated heterocycles. The summed E-state index contributed by atoms with van der Waals surface area (Å²) in [5.74, 6) is 0.806. The van der Waals surface area contributed by atoms with E-state index in [4.69, 9.17) is 4.42 Å². The molecule has 0 radical (unpaired) electrons. The predicted octanol–water partition coefficient (Wildman–Crippen LogP) is 4.03. The van der Waals surface area contributed by atoms with Crippen LogP contribution < -0.4 is 5.32 Å². The van der Waals surface area contributed by atoms with Gasteiger partial charge in [0.25, 0.3) is 0 Å². The number of anilines is 1. The van der Waals surface area contributed by atoms with Gasteiger partial charge in [-0.3, -0.25) is 4.40 Å². The molecule has 0 amide bonds. The number of hydrogen-bond acceptors (Lipinski definition) is 4. The van der Waals surface area contributed by atoms with Crippen molar-refractivity contribution in [3.8, 4) is 11.3 Å². The van der Waals surface area contributed by atoms with Crippen molar-refractivity contribution < 1.29 is 4.42 Å². The average Bonchev–Trinajstić information content (AvgIpc) is 3.31. The maximum atomic E-state index is 5.17. The zero-order valence-electron chi connectivity index (χ0n) is 13.2. The van der Waals surface area contributed by atoms with Gasteiger partial charge in [0, 0.05) is 24.5 Å². The smallest absolute Gasteiger partial charge is 0.180 e. The van der Waals surface area contributed by atoms with Crippen molar-refractivity contribution in [1.29, 1.82) is 0 Å². The minimum atomic E-state index is 0.806. The minimum absolute atomic E-state index is 0.806. The molecule has 120 valence electrons. The normalized spacial score (nSPS) is 11.0. The second-order valence-electron chi connectivity index (χ2n) is 5.64. The highest BCUT2D eigenvalue weighted by Crippen LogP contribution is 2.23. The van der Waals surface area contributed by atoms with Crippen LogP contribution in [-0.2, 0) is 6.42 Å². The molecule has 1 aromatic carbocycles. The molecule has 0 aliphatic rings. The largest absolute Gasteiger partial charge is 0.472 e. The molecule has 5 nitrogen and oxygen atoms in total. The van der Waals surface area contributed by atoms with Gasteiger partial charge in [0.15, 0.2) is 11.5 Å². The van der Waals surface area contributed by atoms with E-state index in [1.807, 2.05) is 28.9 Å². The summed E-state index contributed by atoms with van der Waals surface area (Å²) in [5.41, 5.74) is 4.13. The average molecular weight is 318 g/mol. The van der Waals surface area contributed by atoms with Gasteiger partial charge in [-0.15, -0.1) is 0 Å². The van der Waals surface area contributed by atoms with E-state index in [-0.39, 0.29) is 0 Å². The lowest BCUT2D eigenvalue weighted by Crippen LogP contribution is -2.07. The summed E-state index contributed by atoms with van der Waals surface area (Å²) in [6.45, 7) is 0.857.